The minimum Gasteiger partial charge on any atom is -0.462 e. The molecule has 0 spiro atoms. The van der Waals surface area contributed by atoms with Crippen LogP contribution >= 0.6 is 0 Å². The lowest BCUT2D eigenvalue weighted by molar-refractivity contribution is -0.297. The number of ether oxygens (including phenoxy) is 4. The highest BCUT2D eigenvalue weighted by Crippen LogP contribution is 2.24. The van der Waals surface area contributed by atoms with E-state index in [-0.39, 0.29) is 19.4 Å². The Morgan fingerprint density at radius 3 is 1.20 bits per heavy atom. The highest BCUT2D eigenvalue weighted by Gasteiger charge is 2.46. The van der Waals surface area contributed by atoms with Crippen LogP contribution in [-0.2, 0) is 38.7 Å². The second kappa shape index (κ2) is 46.0. The third-order valence-electron chi connectivity index (χ3n) is 13.3. The number of rotatable bonds is 49. The first-order valence-corrected chi connectivity index (χ1v) is 30.0. The van der Waals surface area contributed by atoms with Crippen molar-refractivity contribution in [3.63, 3.8) is 0 Å². The molecule has 0 aromatic rings. The number of carbonyl (C=O) groups is 2. The number of aliphatic hydroxyl groups excluding tert-OH is 3. The topological polar surface area (TPSA) is 186 Å². The highest BCUT2D eigenvalue weighted by molar-refractivity contribution is 7.85. The van der Waals surface area contributed by atoms with E-state index in [2.05, 4.69) is 38.2 Å². The molecule has 69 heavy (non-hydrogen) atoms. The van der Waals surface area contributed by atoms with Crippen molar-refractivity contribution in [2.45, 2.75) is 301 Å². The van der Waals surface area contributed by atoms with E-state index in [4.69, 9.17) is 18.9 Å². The summed E-state index contributed by atoms with van der Waals surface area (Å²) in [6.45, 7) is 3.80. The smallest absolute Gasteiger partial charge is 0.306 e. The molecule has 1 aliphatic heterocycles. The molecule has 1 fully saturated rings. The maximum Gasteiger partial charge on any atom is 0.306 e. The summed E-state index contributed by atoms with van der Waals surface area (Å²) in [6, 6.07) is 0. The van der Waals surface area contributed by atoms with E-state index >= 15 is 0 Å². The number of allylic oxidation sites excluding steroid dienone is 4. The Bertz CT molecular complexity index is 1360. The van der Waals surface area contributed by atoms with Crippen molar-refractivity contribution in [1.82, 2.24) is 0 Å². The van der Waals surface area contributed by atoms with Gasteiger partial charge in [0.05, 0.1) is 6.61 Å². The van der Waals surface area contributed by atoms with Gasteiger partial charge in [-0.15, -0.1) is 0 Å². The Morgan fingerprint density at radius 1 is 0.478 bits per heavy atom. The van der Waals surface area contributed by atoms with Gasteiger partial charge in [0.15, 0.2) is 12.4 Å². The van der Waals surface area contributed by atoms with E-state index in [1.807, 2.05) is 0 Å². The Balaban J connectivity index is 2.31. The molecular formula is C56H104O12S. The Morgan fingerprint density at radius 2 is 0.826 bits per heavy atom. The first kappa shape index (κ1) is 65.1. The number of hydrogen-bond acceptors (Lipinski definition) is 11. The maximum atomic E-state index is 12.9. The quantitative estimate of drug-likeness (QED) is 0.0196. The predicted molar refractivity (Wildman–Crippen MR) is 280 cm³/mol. The normalized spacial score (nSPS) is 19.2. The molecule has 4 N–H and O–H groups in total. The molecule has 0 bridgehead atoms. The summed E-state index contributed by atoms with van der Waals surface area (Å²) >= 11 is 0. The van der Waals surface area contributed by atoms with E-state index in [1.165, 1.54) is 180 Å². The molecule has 1 saturated heterocycles. The van der Waals surface area contributed by atoms with Gasteiger partial charge in [0.1, 0.15) is 36.8 Å². The zero-order valence-corrected chi connectivity index (χ0v) is 44.8. The van der Waals surface area contributed by atoms with Crippen LogP contribution in [0.25, 0.3) is 0 Å². The zero-order valence-electron chi connectivity index (χ0n) is 43.9. The molecule has 6 atom stereocenters. The minimum atomic E-state index is -4.61. The van der Waals surface area contributed by atoms with Gasteiger partial charge in [-0.05, 0) is 64.2 Å². The van der Waals surface area contributed by atoms with Crippen LogP contribution in [0.2, 0.25) is 0 Å². The van der Waals surface area contributed by atoms with E-state index in [1.54, 1.807) is 0 Å². The number of carbonyl (C=O) groups excluding carboxylic acids is 2. The van der Waals surface area contributed by atoms with Crippen molar-refractivity contribution < 1.29 is 56.8 Å². The lowest BCUT2D eigenvalue weighted by Crippen LogP contribution is -2.60. The molecule has 0 amide bonds. The van der Waals surface area contributed by atoms with E-state index in [9.17, 15) is 37.9 Å². The van der Waals surface area contributed by atoms with Crippen LogP contribution in [-0.4, -0.2) is 96.0 Å². The predicted octanol–water partition coefficient (Wildman–Crippen LogP) is 13.5. The van der Waals surface area contributed by atoms with E-state index in [0.717, 1.165) is 44.9 Å². The van der Waals surface area contributed by atoms with Crippen molar-refractivity contribution >= 4 is 22.1 Å². The summed E-state index contributed by atoms with van der Waals surface area (Å²) in [5, 5.41) is 31.0. The van der Waals surface area contributed by atoms with Crippen molar-refractivity contribution in [2.75, 3.05) is 19.0 Å². The van der Waals surface area contributed by atoms with Gasteiger partial charge in [0.25, 0.3) is 10.1 Å². The average Bonchev–Trinajstić information content (AvgIpc) is 3.32. The van der Waals surface area contributed by atoms with Crippen LogP contribution in [0.15, 0.2) is 24.3 Å². The molecule has 1 aliphatic rings. The van der Waals surface area contributed by atoms with Gasteiger partial charge >= 0.3 is 11.9 Å². The largest absolute Gasteiger partial charge is 0.462 e. The zero-order chi connectivity index (χ0) is 50.5. The molecule has 13 heteroatoms. The molecule has 0 aromatic carbocycles. The lowest BCUT2D eigenvalue weighted by Gasteiger charge is -2.40. The van der Waals surface area contributed by atoms with Crippen LogP contribution < -0.4 is 0 Å². The first-order valence-electron chi connectivity index (χ1n) is 28.4. The molecule has 1 heterocycles. The van der Waals surface area contributed by atoms with Gasteiger partial charge in [-0.1, -0.05) is 212 Å². The van der Waals surface area contributed by atoms with Crippen LogP contribution in [0, 0.1) is 0 Å². The van der Waals surface area contributed by atoms with Crippen LogP contribution in [0.1, 0.15) is 264 Å². The van der Waals surface area contributed by atoms with E-state index < -0.39 is 71.2 Å². The van der Waals surface area contributed by atoms with Crippen LogP contribution in [0.5, 0.6) is 0 Å². The van der Waals surface area contributed by atoms with Gasteiger partial charge < -0.3 is 34.3 Å². The lowest BCUT2D eigenvalue weighted by atomic mass is 10.00. The third-order valence-corrected chi connectivity index (χ3v) is 14.0. The van der Waals surface area contributed by atoms with Crippen molar-refractivity contribution in [3.05, 3.63) is 24.3 Å². The summed E-state index contributed by atoms with van der Waals surface area (Å²) in [5.74, 6) is -1.97. The summed E-state index contributed by atoms with van der Waals surface area (Å²) in [7, 11) is -4.61. The molecule has 0 saturated carbocycles. The summed E-state index contributed by atoms with van der Waals surface area (Å²) in [6.07, 6.45) is 45.0. The number of unbranched alkanes of at least 4 members (excludes halogenated alkanes) is 33. The fraction of sp³-hybridized carbons (Fsp3) is 0.893. The Hall–Kier alpha value is -1.87. The Kier molecular flexibility index (Phi) is 43.4. The van der Waals surface area contributed by atoms with Gasteiger partial charge in [0, 0.05) is 12.8 Å². The molecule has 6 unspecified atom stereocenters. The van der Waals surface area contributed by atoms with Crippen LogP contribution in [0.3, 0.4) is 0 Å². The summed E-state index contributed by atoms with van der Waals surface area (Å²) in [5.41, 5.74) is 0. The van der Waals surface area contributed by atoms with Crippen molar-refractivity contribution in [3.8, 4) is 0 Å². The Labute approximate surface area is 421 Å². The fourth-order valence-electron chi connectivity index (χ4n) is 8.85. The fourth-order valence-corrected chi connectivity index (χ4v) is 9.54. The molecule has 1 rings (SSSR count). The van der Waals surface area contributed by atoms with Crippen molar-refractivity contribution in [2.24, 2.45) is 0 Å². The highest BCUT2D eigenvalue weighted by atomic mass is 32.2. The summed E-state index contributed by atoms with van der Waals surface area (Å²) in [4.78, 5) is 25.6. The molecule has 12 nitrogen and oxygen atoms in total. The van der Waals surface area contributed by atoms with Gasteiger partial charge in [-0.3, -0.25) is 14.1 Å². The average molecular weight is 1000 g/mol. The second-order valence-corrected chi connectivity index (χ2v) is 21.4. The standard InChI is InChI=1S/C56H104O12S/c1-3-5-7-9-11-13-15-17-19-21-23-24-25-26-27-29-31-33-35-37-39-41-43-45-52(58)67-49(47-66-56-55(61)54(60)53(59)50(68-56)48-69(62,63)64)46-65-51(57)44-42-40-38-36-34-32-30-28-22-20-18-16-14-12-10-8-6-4-2/h20-23,49-50,53-56,59-61H,3-19,24-48H2,1-2H3,(H,62,63,64)/b22-20-,23-21-. The number of esters is 2. The molecule has 406 valence electrons. The van der Waals surface area contributed by atoms with Gasteiger partial charge in [-0.2, -0.15) is 8.42 Å². The van der Waals surface area contributed by atoms with Gasteiger partial charge in [-0.25, -0.2) is 0 Å². The summed E-state index contributed by atoms with van der Waals surface area (Å²) < 4.78 is 54.4. The molecule has 0 aliphatic carbocycles. The maximum absolute atomic E-state index is 12.9. The molecule has 0 aromatic heterocycles. The minimum absolute atomic E-state index is 0.165. The number of aliphatic hydroxyl groups is 3. The number of hydrogen-bond donors (Lipinski definition) is 4. The molecule has 0 radical (unpaired) electrons. The monoisotopic (exact) mass is 1000 g/mol. The van der Waals surface area contributed by atoms with Crippen LogP contribution in [0.4, 0.5) is 0 Å². The third kappa shape index (κ3) is 40.3. The molecular weight excluding hydrogens is 897 g/mol. The first-order chi connectivity index (χ1) is 33.5. The van der Waals surface area contributed by atoms with Gasteiger partial charge in [0.2, 0.25) is 0 Å². The van der Waals surface area contributed by atoms with E-state index in [0.29, 0.717) is 12.8 Å². The SMILES string of the molecule is CCCCCCCCC/C=C\CCCCCCCCCC(=O)OCC(COC1OC(CS(=O)(=O)O)C(O)C(O)C1O)OC(=O)CCCCCCCCCCCCC/C=C\CCCCCCCCCC. The van der Waals surface area contributed by atoms with Crippen molar-refractivity contribution in [1.29, 1.82) is 0 Å². The second-order valence-electron chi connectivity index (χ2n) is 19.9.